The van der Waals surface area contributed by atoms with Gasteiger partial charge in [0.05, 0.1) is 0 Å². The van der Waals surface area contributed by atoms with Gasteiger partial charge in [-0.1, -0.05) is 49.1 Å². The van der Waals surface area contributed by atoms with Crippen LogP contribution in [0.15, 0.2) is 47.4 Å². The first-order chi connectivity index (χ1) is 10.2. The maximum absolute atomic E-state index is 12.3. The summed E-state index contributed by atoms with van der Waals surface area (Å²) in [6, 6.07) is 9.06. The summed E-state index contributed by atoms with van der Waals surface area (Å²) in [5.74, 6) is -1.47. The molecule has 0 amide bonds. The third kappa shape index (κ3) is 2.82. The second-order valence-electron chi connectivity index (χ2n) is 4.27. The van der Waals surface area contributed by atoms with Gasteiger partial charge in [0.2, 0.25) is 0 Å². The Labute approximate surface area is 124 Å². The molecule has 4 nitrogen and oxygen atoms in total. The summed E-state index contributed by atoms with van der Waals surface area (Å²) < 4.78 is 61.2. The molecular formula is C14H9F3NO3S-. The number of halogens is 3. The first-order valence-electron chi connectivity index (χ1n) is 5.90. The first kappa shape index (κ1) is 16.0. The van der Waals surface area contributed by atoms with Crippen LogP contribution in [0.2, 0.25) is 0 Å². The number of alkyl halides is 3. The Morgan fingerprint density at radius 3 is 2.32 bits per heavy atom. The van der Waals surface area contributed by atoms with E-state index in [4.69, 9.17) is 0 Å². The molecule has 0 saturated carbocycles. The molecule has 0 atom stereocenters. The molecule has 0 heterocycles. The zero-order valence-corrected chi connectivity index (χ0v) is 11.8. The van der Waals surface area contributed by atoms with Gasteiger partial charge in [0, 0.05) is 5.90 Å². The molecule has 0 aliphatic rings. The lowest BCUT2D eigenvalue weighted by Gasteiger charge is -2.15. The molecule has 0 aliphatic carbocycles. The van der Waals surface area contributed by atoms with Gasteiger partial charge < -0.3 is 5.11 Å². The molecule has 0 aliphatic heterocycles. The van der Waals surface area contributed by atoms with Crippen molar-refractivity contribution < 1.29 is 26.7 Å². The number of sulfonamides is 1. The largest absolute Gasteiger partial charge is 0.858 e. The summed E-state index contributed by atoms with van der Waals surface area (Å²) in [5, 5.41) is 12.7. The van der Waals surface area contributed by atoms with E-state index in [9.17, 15) is 26.7 Å². The molecule has 8 heteroatoms. The van der Waals surface area contributed by atoms with Gasteiger partial charge in [-0.15, -0.1) is 0 Å². The van der Waals surface area contributed by atoms with Crippen molar-refractivity contribution in [1.29, 1.82) is 0 Å². The van der Waals surface area contributed by atoms with Crippen LogP contribution in [-0.2, 0) is 10.0 Å². The lowest BCUT2D eigenvalue weighted by molar-refractivity contribution is -0.212. The van der Waals surface area contributed by atoms with Crippen LogP contribution >= 0.6 is 0 Å². The number of rotatable bonds is 3. The van der Waals surface area contributed by atoms with Crippen LogP contribution in [0.3, 0.4) is 0 Å². The van der Waals surface area contributed by atoms with E-state index in [1.165, 1.54) is 24.3 Å². The minimum Gasteiger partial charge on any atom is -0.858 e. The Balaban J connectivity index is 2.69. The Morgan fingerprint density at radius 1 is 1.14 bits per heavy atom. The lowest BCUT2D eigenvalue weighted by Crippen LogP contribution is -2.27. The molecule has 0 aromatic heterocycles. The summed E-state index contributed by atoms with van der Waals surface area (Å²) in [6.07, 6.45) is 1.51. The zero-order chi connectivity index (χ0) is 16.5. The van der Waals surface area contributed by atoms with Crippen molar-refractivity contribution >= 4 is 32.8 Å². The second kappa shape index (κ2) is 5.45. The molecule has 2 aromatic rings. The zero-order valence-electron chi connectivity index (χ0n) is 11.0. The molecule has 2 rings (SSSR count). The van der Waals surface area contributed by atoms with Crippen molar-refractivity contribution in [2.75, 3.05) is 0 Å². The quantitative estimate of drug-likeness (QED) is 0.642. The molecule has 116 valence electrons. The number of fused-ring (bicyclic) bond motifs is 1. The fraction of sp³-hybridized carbons (Fsp3) is 0.0714. The normalized spacial score (nSPS) is 13.3. The maximum Gasteiger partial charge on any atom is 0.518 e. The van der Waals surface area contributed by atoms with Crippen molar-refractivity contribution in [3.8, 4) is 0 Å². The Morgan fingerprint density at radius 2 is 1.73 bits per heavy atom. The predicted molar refractivity (Wildman–Crippen MR) is 75.6 cm³/mol. The fourth-order valence-corrected chi connectivity index (χ4v) is 2.33. The summed E-state index contributed by atoms with van der Waals surface area (Å²) in [5.41, 5.74) is -5.18. The van der Waals surface area contributed by atoms with E-state index < -0.39 is 21.4 Å². The van der Waals surface area contributed by atoms with Crippen molar-refractivity contribution in [3.05, 3.63) is 54.1 Å². The average Bonchev–Trinajstić information content (AvgIpc) is 2.44. The number of hydrogen-bond acceptors (Lipinski definition) is 3. The first-order valence-corrected chi connectivity index (χ1v) is 7.34. The summed E-state index contributed by atoms with van der Waals surface area (Å²) in [4.78, 5) is 0. The van der Waals surface area contributed by atoms with E-state index in [-0.39, 0.29) is 5.56 Å². The van der Waals surface area contributed by atoms with Crippen LogP contribution in [0.1, 0.15) is 11.1 Å². The molecule has 0 unspecified atom stereocenters. The second-order valence-corrected chi connectivity index (χ2v) is 5.86. The minimum atomic E-state index is -5.87. The van der Waals surface area contributed by atoms with E-state index in [0.29, 0.717) is 16.3 Å². The summed E-state index contributed by atoms with van der Waals surface area (Å²) in [6.45, 7) is 3.59. The highest BCUT2D eigenvalue weighted by Gasteiger charge is 2.45. The van der Waals surface area contributed by atoms with Crippen molar-refractivity contribution in [3.63, 3.8) is 0 Å². The van der Waals surface area contributed by atoms with Gasteiger partial charge in [-0.2, -0.15) is 26.0 Å². The van der Waals surface area contributed by atoms with E-state index in [0.717, 1.165) is 0 Å². The smallest absolute Gasteiger partial charge is 0.518 e. The number of benzene rings is 2. The van der Waals surface area contributed by atoms with Gasteiger partial charge in [0.15, 0.2) is 0 Å². The molecule has 0 N–H and O–H groups in total. The molecular weight excluding hydrogens is 319 g/mol. The van der Waals surface area contributed by atoms with Gasteiger partial charge in [0.1, 0.15) is 0 Å². The van der Waals surface area contributed by atoms with E-state index in [2.05, 4.69) is 11.0 Å². The van der Waals surface area contributed by atoms with Crippen LogP contribution in [0.4, 0.5) is 13.2 Å². The standard InChI is InChI=1S/C14H10F3NO3S/c1-2-9-5-3-7-11-10(9)6-4-8-12(11)13(19)18-22(20,21)14(15,16)17/h2-8H,1H2,(H,18,19)/p-1. The summed E-state index contributed by atoms with van der Waals surface area (Å²) >= 11 is 0. The number of hydrogen-bond donors (Lipinski definition) is 0. The SMILES string of the molecule is C=Cc1cccc2c(/C([O-])=N/S(=O)(=O)C(F)(F)F)cccc12. The van der Waals surface area contributed by atoms with E-state index in [1.807, 2.05) is 0 Å². The monoisotopic (exact) mass is 328 g/mol. The van der Waals surface area contributed by atoms with Crippen molar-refractivity contribution in [2.45, 2.75) is 5.51 Å². The molecule has 0 bridgehead atoms. The third-order valence-electron chi connectivity index (χ3n) is 2.90. The number of nitrogens with zero attached hydrogens (tertiary/aromatic N) is 1. The lowest BCUT2D eigenvalue weighted by atomic mass is 10.00. The highest BCUT2D eigenvalue weighted by Crippen LogP contribution is 2.27. The molecule has 22 heavy (non-hydrogen) atoms. The predicted octanol–water partition coefficient (Wildman–Crippen LogP) is 2.44. The fourth-order valence-electron chi connectivity index (χ4n) is 1.91. The van der Waals surface area contributed by atoms with Gasteiger partial charge in [-0.3, -0.25) is 0 Å². The topological polar surface area (TPSA) is 69.6 Å². The average molecular weight is 328 g/mol. The Kier molecular flexibility index (Phi) is 3.97. The van der Waals surface area contributed by atoms with Crippen LogP contribution in [0, 0.1) is 0 Å². The molecule has 0 radical (unpaired) electrons. The molecule has 0 saturated heterocycles. The van der Waals surface area contributed by atoms with Crippen molar-refractivity contribution in [2.24, 2.45) is 4.40 Å². The van der Waals surface area contributed by atoms with Gasteiger partial charge in [0.25, 0.3) is 0 Å². The van der Waals surface area contributed by atoms with E-state index in [1.54, 1.807) is 18.2 Å². The van der Waals surface area contributed by atoms with Crippen LogP contribution in [0.5, 0.6) is 0 Å². The summed E-state index contributed by atoms with van der Waals surface area (Å²) in [7, 11) is -5.87. The molecule has 0 fully saturated rings. The minimum absolute atomic E-state index is 0.228. The van der Waals surface area contributed by atoms with Crippen molar-refractivity contribution in [1.82, 2.24) is 0 Å². The van der Waals surface area contributed by atoms with Crippen LogP contribution in [-0.4, -0.2) is 19.8 Å². The third-order valence-corrected chi connectivity index (χ3v) is 3.89. The van der Waals surface area contributed by atoms with Gasteiger partial charge >= 0.3 is 15.5 Å². The van der Waals surface area contributed by atoms with Crippen LogP contribution < -0.4 is 5.11 Å². The highest BCUT2D eigenvalue weighted by molar-refractivity contribution is 7.91. The molecule has 2 aromatic carbocycles. The van der Waals surface area contributed by atoms with Gasteiger partial charge in [-0.25, -0.2) is 0 Å². The Bertz CT molecular complexity index is 871. The van der Waals surface area contributed by atoms with Crippen LogP contribution in [0.25, 0.3) is 16.8 Å². The van der Waals surface area contributed by atoms with Gasteiger partial charge in [-0.05, 0) is 21.9 Å². The Hall–Kier alpha value is -2.35. The maximum atomic E-state index is 12.3. The van der Waals surface area contributed by atoms with E-state index >= 15 is 0 Å². The molecule has 0 spiro atoms. The highest BCUT2D eigenvalue weighted by atomic mass is 32.2.